The minimum atomic E-state index is -1.81. The van der Waals surface area contributed by atoms with Crippen molar-refractivity contribution >= 4 is 26.0 Å². The van der Waals surface area contributed by atoms with E-state index in [-0.39, 0.29) is 5.60 Å². The molecule has 0 aliphatic heterocycles. The van der Waals surface area contributed by atoms with Crippen LogP contribution in [0.2, 0.25) is 18.1 Å². The quantitative estimate of drug-likeness (QED) is 0.286. The van der Waals surface area contributed by atoms with Crippen LogP contribution in [0.4, 0.5) is 0 Å². The summed E-state index contributed by atoms with van der Waals surface area (Å²) in [5, 5.41) is 0. The van der Waals surface area contributed by atoms with Crippen molar-refractivity contribution in [3.05, 3.63) is 113 Å². The third kappa shape index (κ3) is 5.68. The molecule has 0 amide bonds. The van der Waals surface area contributed by atoms with Crippen molar-refractivity contribution in [3.8, 4) is 0 Å². The summed E-state index contributed by atoms with van der Waals surface area (Å²) in [5.41, 5.74) is 6.50. The summed E-state index contributed by atoms with van der Waals surface area (Å²) in [6.07, 6.45) is 9.85. The molecule has 4 rings (SSSR count). The highest BCUT2D eigenvalue weighted by Crippen LogP contribution is 2.44. The molecule has 1 atom stereocenters. The maximum atomic E-state index is 7.42. The lowest BCUT2D eigenvalue weighted by Gasteiger charge is -2.46. The Balaban J connectivity index is 1.76. The van der Waals surface area contributed by atoms with Gasteiger partial charge in [-0.15, -0.1) is 0 Å². The fourth-order valence-electron chi connectivity index (χ4n) is 5.38. The van der Waals surface area contributed by atoms with E-state index in [4.69, 9.17) is 4.43 Å². The minimum absolute atomic E-state index is 0.200. The number of benzene rings is 3. The molecule has 34 heavy (non-hydrogen) atoms. The van der Waals surface area contributed by atoms with Gasteiger partial charge < -0.3 is 4.43 Å². The van der Waals surface area contributed by atoms with Crippen LogP contribution in [0.3, 0.4) is 0 Å². The Labute approximate surface area is 207 Å². The molecule has 0 heterocycles. The zero-order valence-electron chi connectivity index (χ0n) is 21.0. The highest BCUT2D eigenvalue weighted by molar-refractivity contribution is 6.73. The van der Waals surface area contributed by atoms with E-state index >= 15 is 0 Å². The number of rotatable bonds is 9. The zero-order valence-corrected chi connectivity index (χ0v) is 22.0. The summed E-state index contributed by atoms with van der Waals surface area (Å²) < 4.78 is 7.42. The molecule has 3 aromatic carbocycles. The highest BCUT2D eigenvalue weighted by Gasteiger charge is 2.43. The molecule has 0 bridgehead atoms. The molecule has 1 aliphatic carbocycles. The molecule has 2 heteroatoms. The Kier molecular flexibility index (Phi) is 8.02. The van der Waals surface area contributed by atoms with Gasteiger partial charge in [-0.2, -0.15) is 0 Å². The van der Waals surface area contributed by atoms with E-state index in [1.54, 1.807) is 0 Å². The van der Waals surface area contributed by atoms with Gasteiger partial charge in [0.15, 0.2) is 8.32 Å². The molecule has 1 aliphatic rings. The largest absolute Gasteiger partial charge is 0.410 e. The second kappa shape index (κ2) is 11.2. The molecular formula is C32H38OSi. The van der Waals surface area contributed by atoms with Crippen molar-refractivity contribution in [1.29, 1.82) is 0 Å². The first-order valence-electron chi connectivity index (χ1n) is 12.9. The van der Waals surface area contributed by atoms with Gasteiger partial charge in [0, 0.05) is 12.8 Å². The molecule has 0 N–H and O–H groups in total. The lowest BCUT2D eigenvalue weighted by Crippen LogP contribution is -2.49. The van der Waals surface area contributed by atoms with Crippen LogP contribution in [0.25, 0.3) is 17.7 Å². The molecular weight excluding hydrogens is 428 g/mol. The molecule has 176 valence electrons. The van der Waals surface area contributed by atoms with E-state index in [0.717, 1.165) is 19.3 Å². The molecule has 0 spiro atoms. The number of hydrogen-bond donors (Lipinski definition) is 0. The Morgan fingerprint density at radius 2 is 1.32 bits per heavy atom. The summed E-state index contributed by atoms with van der Waals surface area (Å²) in [6.45, 7) is 7.01. The zero-order chi connectivity index (χ0) is 23.9. The van der Waals surface area contributed by atoms with E-state index in [0.29, 0.717) is 0 Å². The maximum absolute atomic E-state index is 7.42. The molecule has 0 saturated carbocycles. The van der Waals surface area contributed by atoms with Crippen LogP contribution >= 0.6 is 0 Å². The predicted octanol–water partition coefficient (Wildman–Crippen LogP) is 9.04. The standard InChI is InChI=1S/C32H38OSi/c1-4-34(5-2,6-3)33-32(23-15-20-27-16-9-7-10-17-27)25-29-21-13-14-22-31(29)30(26-32)24-28-18-11-8-12-19-28/h7-22,24H,4-6,23,25-26H2,1-3H3/b20-15+,30-24+. The van der Waals surface area contributed by atoms with Crippen molar-refractivity contribution < 1.29 is 4.43 Å². The van der Waals surface area contributed by atoms with Gasteiger partial charge in [0.1, 0.15) is 0 Å². The molecule has 0 saturated heterocycles. The molecule has 1 nitrogen and oxygen atoms in total. The molecule has 0 radical (unpaired) electrons. The van der Waals surface area contributed by atoms with Gasteiger partial charge in [-0.25, -0.2) is 0 Å². The number of fused-ring (bicyclic) bond motifs is 1. The minimum Gasteiger partial charge on any atom is -0.410 e. The summed E-state index contributed by atoms with van der Waals surface area (Å²) >= 11 is 0. The summed E-state index contributed by atoms with van der Waals surface area (Å²) in [4.78, 5) is 0. The summed E-state index contributed by atoms with van der Waals surface area (Å²) in [7, 11) is -1.81. The van der Waals surface area contributed by atoms with E-state index in [1.807, 2.05) is 0 Å². The monoisotopic (exact) mass is 466 g/mol. The fraction of sp³-hybridized carbons (Fsp3) is 0.312. The van der Waals surface area contributed by atoms with Gasteiger partial charge in [-0.3, -0.25) is 0 Å². The predicted molar refractivity (Wildman–Crippen MR) is 150 cm³/mol. The lowest BCUT2D eigenvalue weighted by atomic mass is 9.75. The average Bonchev–Trinajstić information content (AvgIpc) is 2.89. The van der Waals surface area contributed by atoms with Crippen LogP contribution in [-0.4, -0.2) is 13.9 Å². The van der Waals surface area contributed by atoms with Crippen molar-refractivity contribution in [2.75, 3.05) is 0 Å². The van der Waals surface area contributed by atoms with Crippen molar-refractivity contribution in [1.82, 2.24) is 0 Å². The van der Waals surface area contributed by atoms with Gasteiger partial charge in [0.05, 0.1) is 5.60 Å². The SMILES string of the molecule is CC[Si](CC)(CC)OC1(C/C=C/c2ccccc2)C/C(=C\c2ccccc2)c2ccccc2C1. The van der Waals surface area contributed by atoms with E-state index in [9.17, 15) is 0 Å². The Bertz CT molecular complexity index is 1100. The molecule has 3 aromatic rings. The van der Waals surface area contributed by atoms with Crippen LogP contribution in [-0.2, 0) is 10.8 Å². The smallest absolute Gasteiger partial charge is 0.192 e. The van der Waals surface area contributed by atoms with Gasteiger partial charge in [-0.1, -0.05) is 124 Å². The van der Waals surface area contributed by atoms with E-state index in [2.05, 4.69) is 124 Å². The van der Waals surface area contributed by atoms with Gasteiger partial charge in [0.25, 0.3) is 0 Å². The van der Waals surface area contributed by atoms with Crippen LogP contribution < -0.4 is 0 Å². The van der Waals surface area contributed by atoms with E-state index < -0.39 is 8.32 Å². The van der Waals surface area contributed by atoms with Crippen LogP contribution in [0.1, 0.15) is 55.9 Å². The average molecular weight is 467 g/mol. The van der Waals surface area contributed by atoms with Crippen molar-refractivity contribution in [2.45, 2.75) is 63.8 Å². The van der Waals surface area contributed by atoms with Crippen LogP contribution in [0, 0.1) is 0 Å². The van der Waals surface area contributed by atoms with Gasteiger partial charge in [-0.05, 0) is 52.4 Å². The third-order valence-electron chi connectivity index (χ3n) is 7.49. The summed E-state index contributed by atoms with van der Waals surface area (Å²) in [6, 6.07) is 33.8. The van der Waals surface area contributed by atoms with Gasteiger partial charge >= 0.3 is 0 Å². The molecule has 0 fully saturated rings. The molecule has 1 unspecified atom stereocenters. The van der Waals surface area contributed by atoms with Gasteiger partial charge in [0.2, 0.25) is 0 Å². The van der Waals surface area contributed by atoms with Crippen LogP contribution in [0.15, 0.2) is 91.0 Å². The first-order chi connectivity index (χ1) is 16.6. The first kappa shape index (κ1) is 24.4. The Morgan fingerprint density at radius 3 is 1.97 bits per heavy atom. The second-order valence-electron chi connectivity index (χ2n) is 9.64. The lowest BCUT2D eigenvalue weighted by molar-refractivity contribution is 0.0615. The topological polar surface area (TPSA) is 9.23 Å². The normalized spacial score (nSPS) is 19.4. The van der Waals surface area contributed by atoms with Crippen molar-refractivity contribution in [3.63, 3.8) is 0 Å². The van der Waals surface area contributed by atoms with Crippen molar-refractivity contribution in [2.24, 2.45) is 0 Å². The van der Waals surface area contributed by atoms with E-state index in [1.165, 1.54) is 46.0 Å². The first-order valence-corrected chi connectivity index (χ1v) is 15.4. The Hall–Kier alpha value is -2.68. The maximum Gasteiger partial charge on any atom is 0.192 e. The summed E-state index contributed by atoms with van der Waals surface area (Å²) in [5.74, 6) is 0. The highest BCUT2D eigenvalue weighted by atomic mass is 28.4. The third-order valence-corrected chi connectivity index (χ3v) is 12.2. The van der Waals surface area contributed by atoms with Crippen LogP contribution in [0.5, 0.6) is 0 Å². The second-order valence-corrected chi connectivity index (χ2v) is 14.3. The molecule has 0 aromatic heterocycles. The Morgan fingerprint density at radius 1 is 0.735 bits per heavy atom. The fourth-order valence-corrected chi connectivity index (χ4v) is 8.46. The number of hydrogen-bond acceptors (Lipinski definition) is 1.